The second-order valence-electron chi connectivity index (χ2n) is 5.97. The van der Waals surface area contributed by atoms with Crippen molar-refractivity contribution in [3.05, 3.63) is 65.0 Å². The highest BCUT2D eigenvalue weighted by molar-refractivity contribution is 7.92. The first-order chi connectivity index (χ1) is 12.4. The second kappa shape index (κ2) is 7.47. The molecule has 0 aliphatic rings. The van der Waals surface area contributed by atoms with Crippen molar-refractivity contribution in [2.45, 2.75) is 13.5 Å². The molecule has 136 valence electrons. The predicted molar refractivity (Wildman–Crippen MR) is 105 cm³/mol. The third kappa shape index (κ3) is 4.05. The predicted octanol–water partition coefficient (Wildman–Crippen LogP) is 3.72. The van der Waals surface area contributed by atoms with Gasteiger partial charge in [-0.05, 0) is 35.4 Å². The zero-order chi connectivity index (χ0) is 18.7. The highest BCUT2D eigenvalue weighted by Gasteiger charge is 2.23. The van der Waals surface area contributed by atoms with Crippen LogP contribution in [0.2, 0.25) is 0 Å². The van der Waals surface area contributed by atoms with Crippen LogP contribution in [0.5, 0.6) is 0 Å². The fourth-order valence-corrected chi connectivity index (χ4v) is 4.54. The van der Waals surface area contributed by atoms with E-state index in [1.807, 2.05) is 35.7 Å². The molecule has 0 saturated carbocycles. The third-order valence-electron chi connectivity index (χ3n) is 4.01. The summed E-state index contributed by atoms with van der Waals surface area (Å²) in [5.41, 5.74) is 2.17. The number of benzene rings is 2. The van der Waals surface area contributed by atoms with Gasteiger partial charge in [-0.1, -0.05) is 36.4 Å². The van der Waals surface area contributed by atoms with Gasteiger partial charge >= 0.3 is 5.97 Å². The molecule has 0 aliphatic carbocycles. The lowest BCUT2D eigenvalue weighted by atomic mass is 10.2. The van der Waals surface area contributed by atoms with Crippen LogP contribution in [-0.2, 0) is 26.2 Å². The number of ether oxygens (including phenoxy) is 1. The molecule has 26 heavy (non-hydrogen) atoms. The SMILES string of the molecule is Cc1ccccc1N(CC(=O)OCc1csc2ccccc12)S(C)(=O)=O. The minimum Gasteiger partial charge on any atom is -0.459 e. The van der Waals surface area contributed by atoms with Crippen LogP contribution in [0.15, 0.2) is 53.9 Å². The van der Waals surface area contributed by atoms with Gasteiger partial charge in [-0.15, -0.1) is 11.3 Å². The van der Waals surface area contributed by atoms with Gasteiger partial charge in [-0.2, -0.15) is 0 Å². The Morgan fingerprint density at radius 2 is 1.81 bits per heavy atom. The van der Waals surface area contributed by atoms with Crippen molar-refractivity contribution in [1.82, 2.24) is 0 Å². The molecule has 0 fully saturated rings. The van der Waals surface area contributed by atoms with Crippen LogP contribution in [0.1, 0.15) is 11.1 Å². The highest BCUT2D eigenvalue weighted by Crippen LogP contribution is 2.26. The number of sulfonamides is 1. The van der Waals surface area contributed by atoms with Crippen LogP contribution < -0.4 is 4.31 Å². The minimum atomic E-state index is -3.61. The van der Waals surface area contributed by atoms with Gasteiger partial charge < -0.3 is 4.74 Å². The van der Waals surface area contributed by atoms with Crippen molar-refractivity contribution in [1.29, 1.82) is 0 Å². The fraction of sp³-hybridized carbons (Fsp3) is 0.211. The van der Waals surface area contributed by atoms with E-state index in [0.717, 1.165) is 31.8 Å². The number of thiophene rings is 1. The van der Waals surface area contributed by atoms with Gasteiger partial charge in [0, 0.05) is 10.3 Å². The van der Waals surface area contributed by atoms with Gasteiger partial charge in [-0.25, -0.2) is 8.42 Å². The summed E-state index contributed by atoms with van der Waals surface area (Å²) < 4.78 is 31.8. The van der Waals surface area contributed by atoms with E-state index in [-0.39, 0.29) is 13.2 Å². The molecular weight excluding hydrogens is 370 g/mol. The lowest BCUT2D eigenvalue weighted by molar-refractivity contribution is -0.143. The quantitative estimate of drug-likeness (QED) is 0.603. The number of carbonyl (C=O) groups excluding carboxylic acids is 1. The zero-order valence-corrected chi connectivity index (χ0v) is 16.1. The van der Waals surface area contributed by atoms with E-state index in [1.54, 1.807) is 36.5 Å². The average molecular weight is 389 g/mol. The van der Waals surface area contributed by atoms with E-state index in [9.17, 15) is 13.2 Å². The number of rotatable bonds is 6. The first-order valence-electron chi connectivity index (χ1n) is 8.00. The van der Waals surface area contributed by atoms with Crippen molar-refractivity contribution < 1.29 is 17.9 Å². The van der Waals surface area contributed by atoms with Crippen molar-refractivity contribution in [2.75, 3.05) is 17.1 Å². The molecule has 0 aliphatic heterocycles. The molecule has 0 atom stereocenters. The first kappa shape index (κ1) is 18.4. The molecule has 7 heteroatoms. The summed E-state index contributed by atoms with van der Waals surface area (Å²) in [5.74, 6) is -0.589. The maximum atomic E-state index is 12.3. The molecule has 1 aromatic heterocycles. The summed E-state index contributed by atoms with van der Waals surface area (Å²) in [7, 11) is -3.61. The van der Waals surface area contributed by atoms with E-state index in [2.05, 4.69) is 0 Å². The second-order valence-corrected chi connectivity index (χ2v) is 8.79. The average Bonchev–Trinajstić information content (AvgIpc) is 3.01. The number of hydrogen-bond donors (Lipinski definition) is 0. The lowest BCUT2D eigenvalue weighted by Gasteiger charge is -2.23. The molecule has 0 spiro atoms. The number of fused-ring (bicyclic) bond motifs is 1. The number of para-hydroxylation sites is 1. The van der Waals surface area contributed by atoms with Gasteiger partial charge in [0.25, 0.3) is 0 Å². The van der Waals surface area contributed by atoms with Crippen LogP contribution in [0.25, 0.3) is 10.1 Å². The number of aryl methyl sites for hydroxylation is 1. The summed E-state index contributed by atoms with van der Waals surface area (Å²) in [5, 5.41) is 3.00. The van der Waals surface area contributed by atoms with Crippen LogP contribution >= 0.6 is 11.3 Å². The van der Waals surface area contributed by atoms with Crippen LogP contribution in [0.4, 0.5) is 5.69 Å². The zero-order valence-electron chi connectivity index (χ0n) is 14.5. The Balaban J connectivity index is 1.74. The van der Waals surface area contributed by atoms with Crippen molar-refractivity contribution >= 4 is 43.1 Å². The molecule has 0 N–H and O–H groups in total. The van der Waals surface area contributed by atoms with E-state index in [4.69, 9.17) is 4.74 Å². The summed E-state index contributed by atoms with van der Waals surface area (Å²) in [6.45, 7) is 1.57. The Morgan fingerprint density at radius 3 is 2.54 bits per heavy atom. The number of hydrogen-bond acceptors (Lipinski definition) is 5. The van der Waals surface area contributed by atoms with E-state index in [1.165, 1.54) is 0 Å². The van der Waals surface area contributed by atoms with E-state index < -0.39 is 16.0 Å². The fourth-order valence-electron chi connectivity index (χ4n) is 2.69. The minimum absolute atomic E-state index is 0.119. The molecule has 0 saturated heterocycles. The summed E-state index contributed by atoms with van der Waals surface area (Å²) in [6, 6.07) is 14.9. The van der Waals surface area contributed by atoms with Gasteiger partial charge in [-0.3, -0.25) is 9.10 Å². The van der Waals surface area contributed by atoms with Gasteiger partial charge in [0.15, 0.2) is 0 Å². The molecule has 1 heterocycles. The normalized spacial score (nSPS) is 11.5. The lowest BCUT2D eigenvalue weighted by Crippen LogP contribution is -2.36. The number of anilines is 1. The Hall–Kier alpha value is -2.38. The van der Waals surface area contributed by atoms with Crippen molar-refractivity contribution in [3.8, 4) is 0 Å². The summed E-state index contributed by atoms with van der Waals surface area (Å²) in [4.78, 5) is 12.3. The molecule has 0 amide bonds. The maximum absolute atomic E-state index is 12.3. The molecule has 5 nitrogen and oxygen atoms in total. The molecule has 0 radical (unpaired) electrons. The van der Waals surface area contributed by atoms with Gasteiger partial charge in [0.2, 0.25) is 10.0 Å². The van der Waals surface area contributed by atoms with Crippen molar-refractivity contribution in [3.63, 3.8) is 0 Å². The number of esters is 1. The van der Waals surface area contributed by atoms with E-state index >= 15 is 0 Å². The van der Waals surface area contributed by atoms with Crippen molar-refractivity contribution in [2.24, 2.45) is 0 Å². The summed E-state index contributed by atoms with van der Waals surface area (Å²) in [6.07, 6.45) is 1.08. The van der Waals surface area contributed by atoms with Crippen LogP contribution in [0.3, 0.4) is 0 Å². The van der Waals surface area contributed by atoms with Gasteiger partial charge in [0.05, 0.1) is 11.9 Å². The molecule has 0 bridgehead atoms. The maximum Gasteiger partial charge on any atom is 0.327 e. The highest BCUT2D eigenvalue weighted by atomic mass is 32.2. The smallest absolute Gasteiger partial charge is 0.327 e. The van der Waals surface area contributed by atoms with E-state index in [0.29, 0.717) is 5.69 Å². The molecule has 2 aromatic carbocycles. The Kier molecular flexibility index (Phi) is 5.29. The third-order valence-corrected chi connectivity index (χ3v) is 6.15. The van der Waals surface area contributed by atoms with Crippen LogP contribution in [-0.4, -0.2) is 27.2 Å². The Bertz CT molecular complexity index is 1040. The Morgan fingerprint density at radius 1 is 1.12 bits per heavy atom. The topological polar surface area (TPSA) is 63.7 Å². The standard InChI is InChI=1S/C19H19NO4S2/c1-14-7-3-5-9-17(14)20(26(2,22)23)11-19(21)24-12-15-13-25-18-10-6-4-8-16(15)18/h3-10,13H,11-12H2,1-2H3. The molecule has 3 rings (SSSR count). The van der Waals surface area contributed by atoms with Gasteiger partial charge in [0.1, 0.15) is 13.2 Å². The number of nitrogens with zero attached hydrogens (tertiary/aromatic N) is 1. The monoisotopic (exact) mass is 389 g/mol. The molecular formula is C19H19NO4S2. The largest absolute Gasteiger partial charge is 0.459 e. The number of carbonyl (C=O) groups is 1. The molecule has 0 unspecified atom stereocenters. The summed E-state index contributed by atoms with van der Waals surface area (Å²) >= 11 is 1.58. The molecule has 3 aromatic rings. The first-order valence-corrected chi connectivity index (χ1v) is 10.7. The van der Waals surface area contributed by atoms with Crippen LogP contribution in [0, 0.1) is 6.92 Å². The Labute approximate surface area is 156 Å².